The van der Waals surface area contributed by atoms with E-state index in [1.165, 1.54) is 48.5 Å². The van der Waals surface area contributed by atoms with Crippen molar-refractivity contribution in [1.29, 1.82) is 0 Å². The first-order valence-electron chi connectivity index (χ1n) is 35.5. The summed E-state index contributed by atoms with van der Waals surface area (Å²) in [5.41, 5.74) is 18.3. The third kappa shape index (κ3) is 10.8. The fourth-order valence-electron chi connectivity index (χ4n) is 16.5. The average molecular weight is 1390 g/mol. The highest BCUT2D eigenvalue weighted by atomic mass is 19.1. The largest absolute Gasteiger partial charge is 0.457 e. The van der Waals surface area contributed by atoms with E-state index < -0.39 is 10.8 Å². The molecule has 0 saturated heterocycles. The quantitative estimate of drug-likeness (QED) is 0.0902. The van der Waals surface area contributed by atoms with Crippen LogP contribution in [0.25, 0.3) is 77.9 Å². The van der Waals surface area contributed by atoms with Crippen molar-refractivity contribution in [2.45, 2.75) is 10.8 Å². The van der Waals surface area contributed by atoms with E-state index in [1.54, 1.807) is 36.4 Å². The second-order valence-electron chi connectivity index (χ2n) is 27.3. The van der Waals surface area contributed by atoms with Crippen LogP contribution >= 0.6 is 0 Å². The van der Waals surface area contributed by atoms with Crippen LogP contribution in [0.5, 0.6) is 23.0 Å². The molecule has 16 aromatic carbocycles. The van der Waals surface area contributed by atoms with Crippen LogP contribution in [0, 0.1) is 23.3 Å². The van der Waals surface area contributed by atoms with E-state index in [9.17, 15) is 0 Å². The van der Waals surface area contributed by atoms with Crippen molar-refractivity contribution in [2.24, 2.45) is 0 Å². The van der Waals surface area contributed by atoms with E-state index >= 15 is 17.6 Å². The predicted octanol–water partition coefficient (Wildman–Crippen LogP) is 27.0. The van der Waals surface area contributed by atoms with Gasteiger partial charge in [0.2, 0.25) is 0 Å². The van der Waals surface area contributed by atoms with E-state index in [4.69, 9.17) is 13.9 Å². The lowest BCUT2D eigenvalue weighted by Gasteiger charge is -2.35. The monoisotopic (exact) mass is 1390 g/mol. The average Bonchev–Trinajstić information content (AvgIpc) is 1.55. The minimum atomic E-state index is -0.921. The molecule has 5 nitrogen and oxygen atoms in total. The van der Waals surface area contributed by atoms with Crippen molar-refractivity contribution in [3.8, 4) is 45.3 Å². The van der Waals surface area contributed by atoms with Gasteiger partial charge >= 0.3 is 0 Å². The van der Waals surface area contributed by atoms with Crippen LogP contribution < -0.4 is 19.3 Å². The smallest absolute Gasteiger partial charge is 0.136 e. The summed E-state index contributed by atoms with van der Waals surface area (Å²) in [7, 11) is 0. The van der Waals surface area contributed by atoms with Gasteiger partial charge in [0, 0.05) is 44.9 Å². The number of hydrogen-bond acceptors (Lipinski definition) is 5. The summed E-state index contributed by atoms with van der Waals surface area (Å²) in [6.07, 6.45) is 3.59. The second kappa shape index (κ2) is 25.6. The Morgan fingerprint density at radius 1 is 0.271 bits per heavy atom. The van der Waals surface area contributed by atoms with Gasteiger partial charge in [0.25, 0.3) is 0 Å². The van der Waals surface area contributed by atoms with Crippen LogP contribution in [0.15, 0.2) is 357 Å². The Morgan fingerprint density at radius 3 is 0.935 bits per heavy atom. The van der Waals surface area contributed by atoms with Crippen molar-refractivity contribution in [3.63, 3.8) is 0 Å². The van der Waals surface area contributed by atoms with E-state index in [0.29, 0.717) is 23.0 Å². The van der Waals surface area contributed by atoms with Crippen molar-refractivity contribution >= 4 is 89.8 Å². The van der Waals surface area contributed by atoms with Crippen molar-refractivity contribution in [3.05, 3.63) is 432 Å². The zero-order valence-electron chi connectivity index (χ0n) is 57.5. The number of rotatable bonds is 16. The summed E-state index contributed by atoms with van der Waals surface area (Å²) in [4.78, 5) is 4.32. The number of fused-ring (bicyclic) bond motifs is 11. The first-order valence-corrected chi connectivity index (χ1v) is 35.5. The molecule has 0 amide bonds. The van der Waals surface area contributed by atoms with E-state index in [2.05, 4.69) is 193 Å². The van der Waals surface area contributed by atoms with Crippen LogP contribution in [-0.4, -0.2) is 0 Å². The lowest BCUT2D eigenvalue weighted by atomic mass is 9.67. The molecule has 19 rings (SSSR count). The van der Waals surface area contributed by atoms with Crippen LogP contribution in [0.3, 0.4) is 0 Å². The Labute approximate surface area is 615 Å². The highest BCUT2D eigenvalue weighted by Gasteiger charge is 2.48. The Bertz CT molecular complexity index is 5990. The summed E-state index contributed by atoms with van der Waals surface area (Å²) in [6.45, 7) is 7.79. The number of nitrogens with zero attached hydrogens (tertiary/aromatic N) is 2. The number of halogens is 4. The van der Waals surface area contributed by atoms with Crippen LogP contribution in [0.1, 0.15) is 55.6 Å². The molecule has 0 fully saturated rings. The molecular formula is C98H62F4N2O3. The molecule has 0 spiro atoms. The van der Waals surface area contributed by atoms with E-state index in [0.717, 1.165) is 155 Å². The van der Waals surface area contributed by atoms with Gasteiger partial charge in [0.1, 0.15) is 57.4 Å². The number of ether oxygens (including phenoxy) is 2. The summed E-state index contributed by atoms with van der Waals surface area (Å²) < 4.78 is 80.3. The molecule has 1 heterocycles. The van der Waals surface area contributed by atoms with Crippen molar-refractivity contribution < 1.29 is 31.5 Å². The maximum absolute atomic E-state index is 15.2. The number of hydrogen-bond donors (Lipinski definition) is 0. The van der Waals surface area contributed by atoms with Crippen LogP contribution in [0.2, 0.25) is 0 Å². The molecule has 0 bridgehead atoms. The molecule has 2 atom stereocenters. The van der Waals surface area contributed by atoms with Gasteiger partial charge in [0.05, 0.1) is 10.8 Å². The topological polar surface area (TPSA) is 38.1 Å². The zero-order valence-corrected chi connectivity index (χ0v) is 57.5. The van der Waals surface area contributed by atoms with Crippen LogP contribution in [-0.2, 0) is 10.8 Å². The van der Waals surface area contributed by atoms with E-state index in [1.807, 2.05) is 97.1 Å². The maximum atomic E-state index is 15.2. The van der Waals surface area contributed by atoms with E-state index in [-0.39, 0.29) is 23.3 Å². The highest BCUT2D eigenvalue weighted by Crippen LogP contribution is 2.60. The molecule has 2 unspecified atom stereocenters. The van der Waals surface area contributed by atoms with Gasteiger partial charge in [-0.15, -0.1) is 0 Å². The molecular weight excluding hydrogens is 1330 g/mol. The standard InChI is InChI=1S/C98H62F4N2O3/c1-3-61-13-43-81(44-14-61)105-83-47-23-69(24-48-83)97(67-19-27-71(99)28-20-67)91-11-7-5-9-85(91)87-51-41-79(59-93(87)97)103(75-37-31-73(101)32-38-75)77-35-17-63-57-95-89(55-65(63)53-77)90-56-66-54-78(36-18-64(66)58-96(90)107-95)104(76-39-33-74(102)34-40-76)80-42-52-88-86-10-6-8-12-92(86)98(94(88)60-80,68-21-29-72(100)30-22-68)70-25-49-84(50-26-70)106-82-45-15-62(4-2)16-46-82/h3-60H,1-2H2. The SMILES string of the molecule is C=Cc1ccc(Oc2ccc(C3(c4ccc(F)cc4)c4ccccc4-c4ccc(N(c5ccc(F)cc5)c5ccc6cc7oc8cc9ccc(N(c%10ccc(F)cc%10)c%10ccc%11c(c%10)C(c%10ccc(F)cc%10)(c%10ccc(Oc%12ccc(C=C)cc%12)cc%10)c%10ccccc%10-%11)cc9cc8c7cc6c5)cc43)cc2)cc1. The van der Waals surface area contributed by atoms with Gasteiger partial charge in [-0.05, 0) is 294 Å². The highest BCUT2D eigenvalue weighted by molar-refractivity contribution is 6.14. The van der Waals surface area contributed by atoms with Crippen LogP contribution in [0.4, 0.5) is 51.7 Å². The Balaban J connectivity index is 0.722. The number of benzene rings is 16. The zero-order chi connectivity index (χ0) is 72.1. The molecule has 0 saturated carbocycles. The van der Waals surface area contributed by atoms with Gasteiger partial charge in [-0.2, -0.15) is 0 Å². The second-order valence-corrected chi connectivity index (χ2v) is 27.3. The minimum absolute atomic E-state index is 0.339. The molecule has 1 aromatic heterocycles. The first kappa shape index (κ1) is 64.1. The molecule has 510 valence electrons. The lowest BCUT2D eigenvalue weighted by molar-refractivity contribution is 0.482. The Hall–Kier alpha value is -13.8. The van der Waals surface area contributed by atoms with Gasteiger partial charge in [-0.1, -0.05) is 171 Å². The molecule has 0 radical (unpaired) electrons. The molecule has 0 aliphatic heterocycles. The minimum Gasteiger partial charge on any atom is -0.457 e. The third-order valence-electron chi connectivity index (χ3n) is 21.4. The number of furan rings is 1. The third-order valence-corrected chi connectivity index (χ3v) is 21.4. The summed E-state index contributed by atoms with van der Waals surface area (Å²) in [6, 6.07) is 110. The Kier molecular flexibility index (Phi) is 15.3. The van der Waals surface area contributed by atoms with Gasteiger partial charge in [-0.3, -0.25) is 0 Å². The van der Waals surface area contributed by atoms with Gasteiger partial charge in [0.15, 0.2) is 0 Å². The van der Waals surface area contributed by atoms with Gasteiger partial charge in [-0.25, -0.2) is 17.6 Å². The normalized spacial score (nSPS) is 14.7. The first-order chi connectivity index (χ1) is 52.5. The predicted molar refractivity (Wildman–Crippen MR) is 426 cm³/mol. The number of anilines is 6. The Morgan fingerprint density at radius 2 is 0.570 bits per heavy atom. The van der Waals surface area contributed by atoms with Crippen molar-refractivity contribution in [1.82, 2.24) is 0 Å². The summed E-state index contributed by atoms with van der Waals surface area (Å²) in [5, 5.41) is 5.64. The van der Waals surface area contributed by atoms with Crippen molar-refractivity contribution in [2.75, 3.05) is 9.80 Å². The molecule has 9 heteroatoms. The molecule has 0 N–H and O–H groups in total. The molecule has 107 heavy (non-hydrogen) atoms. The summed E-state index contributed by atoms with van der Waals surface area (Å²) in [5.74, 6) is 1.31. The fourth-order valence-corrected chi connectivity index (χ4v) is 16.5. The maximum Gasteiger partial charge on any atom is 0.136 e. The van der Waals surface area contributed by atoms with Gasteiger partial charge < -0.3 is 23.7 Å². The molecule has 2 aliphatic rings. The lowest BCUT2D eigenvalue weighted by Crippen LogP contribution is -2.28. The summed E-state index contributed by atoms with van der Waals surface area (Å²) >= 11 is 0. The fraction of sp³-hybridized carbons (Fsp3) is 0.0204. The molecule has 17 aromatic rings. The molecule has 2 aliphatic carbocycles.